The highest BCUT2D eigenvalue weighted by Gasteiger charge is 2.34. The van der Waals surface area contributed by atoms with Crippen molar-refractivity contribution in [2.75, 3.05) is 14.2 Å². The van der Waals surface area contributed by atoms with Gasteiger partial charge >= 0.3 is 6.18 Å². The van der Waals surface area contributed by atoms with Crippen molar-refractivity contribution in [2.45, 2.75) is 6.18 Å². The molecule has 0 unspecified atom stereocenters. The number of alkyl halides is 3. The SMILES string of the molecule is COc1ccc(-c2cc(F)ccc2-c2nc(-c3ccc(-c4nc(C(F)(F)F)cn4C)cc3)no2)c(OC)n1. The average molecular weight is 525 g/mol. The van der Waals surface area contributed by atoms with Crippen molar-refractivity contribution in [2.24, 2.45) is 7.05 Å². The van der Waals surface area contributed by atoms with Gasteiger partial charge in [-0.2, -0.15) is 23.1 Å². The van der Waals surface area contributed by atoms with Gasteiger partial charge in [0.05, 0.1) is 14.2 Å². The second-order valence-corrected chi connectivity index (χ2v) is 8.16. The Morgan fingerprint density at radius 2 is 1.53 bits per heavy atom. The highest BCUT2D eigenvalue weighted by molar-refractivity contribution is 5.83. The molecule has 0 bridgehead atoms. The van der Waals surface area contributed by atoms with Crippen LogP contribution in [0, 0.1) is 5.82 Å². The summed E-state index contributed by atoms with van der Waals surface area (Å²) in [7, 11) is 4.40. The summed E-state index contributed by atoms with van der Waals surface area (Å²) < 4.78 is 70.6. The second kappa shape index (κ2) is 9.61. The van der Waals surface area contributed by atoms with Crippen LogP contribution in [0.2, 0.25) is 0 Å². The minimum atomic E-state index is -4.54. The normalized spacial score (nSPS) is 11.6. The first kappa shape index (κ1) is 24.9. The number of aryl methyl sites for hydroxylation is 1. The fraction of sp³-hybridized carbons (Fsp3) is 0.154. The Morgan fingerprint density at radius 3 is 2.18 bits per heavy atom. The van der Waals surface area contributed by atoms with Crippen molar-refractivity contribution in [1.29, 1.82) is 0 Å². The number of rotatable bonds is 6. The number of hydrogen-bond donors (Lipinski definition) is 0. The number of pyridine rings is 1. The first-order valence-electron chi connectivity index (χ1n) is 11.1. The van der Waals surface area contributed by atoms with E-state index in [4.69, 9.17) is 14.0 Å². The molecule has 2 aromatic carbocycles. The molecular weight excluding hydrogens is 506 g/mol. The molecule has 0 saturated carbocycles. The lowest BCUT2D eigenvalue weighted by atomic mass is 10.00. The summed E-state index contributed by atoms with van der Waals surface area (Å²) in [5, 5.41) is 4.03. The van der Waals surface area contributed by atoms with E-state index in [0.717, 1.165) is 6.20 Å². The van der Waals surface area contributed by atoms with Gasteiger partial charge in [0.2, 0.25) is 17.6 Å². The zero-order valence-electron chi connectivity index (χ0n) is 20.2. The molecule has 0 radical (unpaired) electrons. The molecule has 5 rings (SSSR count). The van der Waals surface area contributed by atoms with E-state index in [0.29, 0.717) is 33.7 Å². The molecule has 0 fully saturated rings. The highest BCUT2D eigenvalue weighted by Crippen LogP contribution is 2.38. The molecule has 3 aromatic heterocycles. The molecular formula is C26H19F4N5O3. The molecule has 0 amide bonds. The maximum Gasteiger partial charge on any atom is 0.434 e. The maximum absolute atomic E-state index is 14.3. The van der Waals surface area contributed by atoms with Crippen molar-refractivity contribution in [3.8, 4) is 57.1 Å². The number of imidazole rings is 1. The van der Waals surface area contributed by atoms with Crippen LogP contribution in [0.3, 0.4) is 0 Å². The fourth-order valence-corrected chi connectivity index (χ4v) is 3.91. The first-order valence-corrected chi connectivity index (χ1v) is 11.1. The third kappa shape index (κ3) is 4.67. The first-order chi connectivity index (χ1) is 18.2. The van der Waals surface area contributed by atoms with E-state index in [-0.39, 0.29) is 23.4 Å². The van der Waals surface area contributed by atoms with Crippen molar-refractivity contribution in [3.05, 3.63) is 72.3 Å². The van der Waals surface area contributed by atoms with Gasteiger partial charge in [-0.15, -0.1) is 0 Å². The Kier molecular flexibility index (Phi) is 6.31. The molecule has 0 N–H and O–H groups in total. The lowest BCUT2D eigenvalue weighted by molar-refractivity contribution is -0.140. The molecule has 0 atom stereocenters. The van der Waals surface area contributed by atoms with E-state index in [2.05, 4.69) is 20.1 Å². The van der Waals surface area contributed by atoms with E-state index in [1.165, 1.54) is 44.0 Å². The number of ether oxygens (including phenoxy) is 2. The standard InChI is InChI=1S/C26H19F4N5O3/c1-35-13-20(26(28,29)30)31-23(35)15-6-4-14(5-7-15)22-33-25(38-34-22)18-9-8-16(27)12-19(18)17-10-11-21(36-2)32-24(17)37-3/h4-13H,1-3H3. The predicted molar refractivity (Wildman–Crippen MR) is 129 cm³/mol. The van der Waals surface area contributed by atoms with Gasteiger partial charge in [0.25, 0.3) is 5.89 Å². The summed E-state index contributed by atoms with van der Waals surface area (Å²) in [6, 6.07) is 13.9. The number of hydrogen-bond acceptors (Lipinski definition) is 7. The lowest BCUT2D eigenvalue weighted by Crippen LogP contribution is -2.04. The third-order valence-electron chi connectivity index (χ3n) is 5.73. The predicted octanol–water partition coefficient (Wildman–Crippen LogP) is 6.04. The van der Waals surface area contributed by atoms with E-state index in [1.54, 1.807) is 36.4 Å². The molecule has 0 aliphatic rings. The fourth-order valence-electron chi connectivity index (χ4n) is 3.91. The Morgan fingerprint density at radius 1 is 0.816 bits per heavy atom. The Hall–Kier alpha value is -4.74. The summed E-state index contributed by atoms with van der Waals surface area (Å²) in [6.07, 6.45) is -3.61. The van der Waals surface area contributed by atoms with Crippen LogP contribution >= 0.6 is 0 Å². The Bertz CT molecular complexity index is 1610. The van der Waals surface area contributed by atoms with E-state index >= 15 is 0 Å². The van der Waals surface area contributed by atoms with Gasteiger partial charge in [-0.25, -0.2) is 9.37 Å². The van der Waals surface area contributed by atoms with Crippen LogP contribution in [0.4, 0.5) is 17.6 Å². The number of methoxy groups -OCH3 is 2. The van der Waals surface area contributed by atoms with Gasteiger partial charge in [-0.3, -0.25) is 0 Å². The number of nitrogens with zero attached hydrogens (tertiary/aromatic N) is 5. The highest BCUT2D eigenvalue weighted by atomic mass is 19.4. The van der Waals surface area contributed by atoms with Gasteiger partial charge in [-0.1, -0.05) is 29.4 Å². The minimum absolute atomic E-state index is 0.121. The quantitative estimate of drug-likeness (QED) is 0.250. The maximum atomic E-state index is 14.3. The molecule has 12 heteroatoms. The third-order valence-corrected chi connectivity index (χ3v) is 5.73. The van der Waals surface area contributed by atoms with Crippen molar-refractivity contribution in [1.82, 2.24) is 24.7 Å². The monoisotopic (exact) mass is 525 g/mol. The van der Waals surface area contributed by atoms with Gasteiger partial charge < -0.3 is 18.6 Å². The summed E-state index contributed by atoms with van der Waals surface area (Å²) in [6.45, 7) is 0. The van der Waals surface area contributed by atoms with Crippen LogP contribution in [-0.4, -0.2) is 38.9 Å². The zero-order valence-corrected chi connectivity index (χ0v) is 20.2. The molecule has 5 aromatic rings. The Labute approximate surface area is 213 Å². The molecule has 8 nitrogen and oxygen atoms in total. The molecule has 0 aliphatic carbocycles. The number of aromatic nitrogens is 5. The number of halogens is 4. The second-order valence-electron chi connectivity index (χ2n) is 8.16. The van der Waals surface area contributed by atoms with E-state index in [1.807, 2.05) is 0 Å². The van der Waals surface area contributed by atoms with Crippen molar-refractivity contribution in [3.63, 3.8) is 0 Å². The number of benzene rings is 2. The average Bonchev–Trinajstić information content (AvgIpc) is 3.55. The van der Waals surface area contributed by atoms with E-state index in [9.17, 15) is 17.6 Å². The van der Waals surface area contributed by atoms with Gasteiger partial charge in [0.15, 0.2) is 5.69 Å². The van der Waals surface area contributed by atoms with Gasteiger partial charge in [0, 0.05) is 47.1 Å². The molecule has 3 heterocycles. The summed E-state index contributed by atoms with van der Waals surface area (Å²) in [5.41, 5.74) is 1.41. The van der Waals surface area contributed by atoms with Crippen LogP contribution in [0.25, 0.3) is 45.4 Å². The van der Waals surface area contributed by atoms with Crippen LogP contribution in [0.5, 0.6) is 11.8 Å². The molecule has 38 heavy (non-hydrogen) atoms. The summed E-state index contributed by atoms with van der Waals surface area (Å²) >= 11 is 0. The largest absolute Gasteiger partial charge is 0.481 e. The molecule has 0 saturated heterocycles. The van der Waals surface area contributed by atoms with Crippen LogP contribution in [-0.2, 0) is 13.2 Å². The Balaban J connectivity index is 1.49. The lowest BCUT2D eigenvalue weighted by Gasteiger charge is -2.11. The summed E-state index contributed by atoms with van der Waals surface area (Å²) in [4.78, 5) is 12.4. The van der Waals surface area contributed by atoms with Crippen molar-refractivity contribution < 1.29 is 31.6 Å². The molecule has 0 spiro atoms. The van der Waals surface area contributed by atoms with Gasteiger partial charge in [0.1, 0.15) is 11.6 Å². The van der Waals surface area contributed by atoms with Crippen molar-refractivity contribution >= 4 is 0 Å². The van der Waals surface area contributed by atoms with Crippen LogP contribution < -0.4 is 9.47 Å². The summed E-state index contributed by atoms with van der Waals surface area (Å²) in [5.74, 6) is 0.575. The zero-order chi connectivity index (χ0) is 27.0. The molecule has 194 valence electrons. The topological polar surface area (TPSA) is 88.1 Å². The van der Waals surface area contributed by atoms with Crippen LogP contribution in [0.15, 0.2) is 65.3 Å². The van der Waals surface area contributed by atoms with Crippen LogP contribution in [0.1, 0.15) is 5.69 Å². The minimum Gasteiger partial charge on any atom is -0.481 e. The van der Waals surface area contributed by atoms with Gasteiger partial charge in [-0.05, 0) is 24.3 Å². The molecule has 0 aliphatic heterocycles. The smallest absolute Gasteiger partial charge is 0.434 e. The van der Waals surface area contributed by atoms with E-state index < -0.39 is 17.7 Å².